The van der Waals surface area contributed by atoms with Crippen molar-refractivity contribution in [2.45, 2.75) is 38.5 Å². The summed E-state index contributed by atoms with van der Waals surface area (Å²) in [6, 6.07) is 18.9. The van der Waals surface area contributed by atoms with Crippen LogP contribution in [0.15, 0.2) is 85.3 Å². The van der Waals surface area contributed by atoms with Crippen LogP contribution in [0.2, 0.25) is 5.02 Å². The first kappa shape index (κ1) is 27.2. The highest BCUT2D eigenvalue weighted by atomic mass is 35.5. The number of hydrogen-bond acceptors (Lipinski definition) is 5. The third-order valence-electron chi connectivity index (χ3n) is 5.91. The topological polar surface area (TPSA) is 56.3 Å². The van der Waals surface area contributed by atoms with Gasteiger partial charge in [-0.2, -0.15) is 17.6 Å². The molecule has 0 saturated carbocycles. The Balaban J connectivity index is 1.63. The molecule has 0 aliphatic heterocycles. The van der Waals surface area contributed by atoms with Gasteiger partial charge in [-0.25, -0.2) is 4.98 Å². The molecule has 38 heavy (non-hydrogen) atoms. The molecular weight excluding hydrogens is 522 g/mol. The van der Waals surface area contributed by atoms with E-state index >= 15 is 0 Å². The van der Waals surface area contributed by atoms with Crippen molar-refractivity contribution < 1.29 is 27.0 Å². The van der Waals surface area contributed by atoms with Gasteiger partial charge >= 0.3 is 13.2 Å². The minimum Gasteiger partial charge on any atom is -0.431 e. The van der Waals surface area contributed by atoms with Crippen molar-refractivity contribution >= 4 is 17.4 Å². The van der Waals surface area contributed by atoms with E-state index < -0.39 is 24.7 Å². The Kier molecular flexibility index (Phi) is 9.02. The Bertz CT molecular complexity index is 1310. The van der Waals surface area contributed by atoms with Gasteiger partial charge in [-0.15, -0.1) is 0 Å². The summed E-state index contributed by atoms with van der Waals surface area (Å²) in [5, 5.41) is 3.99. The molecule has 198 valence electrons. The zero-order chi connectivity index (χ0) is 27.1. The van der Waals surface area contributed by atoms with Gasteiger partial charge < -0.3 is 14.8 Å². The molecule has 0 aliphatic rings. The van der Waals surface area contributed by atoms with Crippen molar-refractivity contribution in [3.63, 3.8) is 0 Å². The molecule has 0 aliphatic carbocycles. The number of hydrogen-bond donors (Lipinski definition) is 1. The number of alkyl halides is 4. The smallest absolute Gasteiger partial charge is 0.387 e. The standard InChI is InChI=1S/C28H24ClF4N3O2/c1-17(19-2-6-22(29)7-3-19)36-26-9-5-21(16-35-26)23(14-18-10-12-34-13-11-18)20-4-8-24(37-27(30)31)25(15-20)38-28(32)33/h2-13,15-17,23,27-28H,14H2,1H3,(H,35,36). The van der Waals surface area contributed by atoms with Crippen molar-refractivity contribution in [1.29, 1.82) is 0 Å². The predicted octanol–water partition coefficient (Wildman–Crippen LogP) is 7.88. The van der Waals surface area contributed by atoms with E-state index in [1.54, 1.807) is 24.7 Å². The quantitative estimate of drug-likeness (QED) is 0.194. The number of pyridine rings is 2. The van der Waals surface area contributed by atoms with Crippen molar-refractivity contribution in [3.05, 3.63) is 113 Å². The first-order valence-electron chi connectivity index (χ1n) is 11.7. The number of benzene rings is 2. The van der Waals surface area contributed by atoms with Gasteiger partial charge in [-0.05, 0) is 78.1 Å². The van der Waals surface area contributed by atoms with Crippen LogP contribution in [-0.4, -0.2) is 23.2 Å². The van der Waals surface area contributed by atoms with Gasteiger partial charge in [0.05, 0.1) is 0 Å². The second kappa shape index (κ2) is 12.6. The number of ether oxygens (including phenoxy) is 2. The van der Waals surface area contributed by atoms with Gasteiger partial charge in [0, 0.05) is 35.6 Å². The molecule has 0 spiro atoms. The normalized spacial score (nSPS) is 12.8. The third-order valence-corrected chi connectivity index (χ3v) is 6.17. The summed E-state index contributed by atoms with van der Waals surface area (Å²) in [4.78, 5) is 8.59. The van der Waals surface area contributed by atoms with Gasteiger partial charge in [0.25, 0.3) is 0 Å². The minimum atomic E-state index is -3.21. The molecule has 2 atom stereocenters. The van der Waals surface area contributed by atoms with E-state index in [9.17, 15) is 17.6 Å². The number of halogens is 5. The van der Waals surface area contributed by atoms with E-state index in [0.29, 0.717) is 22.8 Å². The molecule has 1 N–H and O–H groups in total. The molecule has 0 amide bonds. The second-order valence-electron chi connectivity index (χ2n) is 8.47. The summed E-state index contributed by atoms with van der Waals surface area (Å²) in [5.74, 6) is -0.657. The molecule has 2 heterocycles. The molecule has 10 heteroatoms. The summed E-state index contributed by atoms with van der Waals surface area (Å²) >= 11 is 5.98. The molecule has 2 aromatic heterocycles. The van der Waals surface area contributed by atoms with E-state index in [0.717, 1.165) is 16.7 Å². The number of anilines is 1. The first-order valence-corrected chi connectivity index (χ1v) is 12.1. The number of nitrogens with zero attached hydrogens (tertiary/aromatic N) is 2. The van der Waals surface area contributed by atoms with Crippen LogP contribution in [0, 0.1) is 0 Å². The Morgan fingerprint density at radius 1 is 0.789 bits per heavy atom. The summed E-state index contributed by atoms with van der Waals surface area (Å²) in [6.07, 6.45) is 5.47. The first-order chi connectivity index (χ1) is 18.3. The van der Waals surface area contributed by atoms with Crippen LogP contribution in [0.5, 0.6) is 11.5 Å². The molecule has 2 unspecified atom stereocenters. The van der Waals surface area contributed by atoms with Crippen molar-refractivity contribution in [2.75, 3.05) is 5.32 Å². The molecular formula is C28H24ClF4N3O2. The van der Waals surface area contributed by atoms with E-state index in [1.807, 2.05) is 55.5 Å². The predicted molar refractivity (Wildman–Crippen MR) is 137 cm³/mol. The minimum absolute atomic E-state index is 0.0327. The largest absolute Gasteiger partial charge is 0.431 e. The third kappa shape index (κ3) is 7.35. The van der Waals surface area contributed by atoms with Crippen LogP contribution in [0.25, 0.3) is 0 Å². The number of rotatable bonds is 11. The lowest BCUT2D eigenvalue weighted by molar-refractivity contribution is -0.0692. The maximum Gasteiger partial charge on any atom is 0.387 e. The summed E-state index contributed by atoms with van der Waals surface area (Å²) in [5.41, 5.74) is 3.33. The van der Waals surface area contributed by atoms with E-state index in [1.165, 1.54) is 12.1 Å². The Morgan fingerprint density at radius 3 is 2.05 bits per heavy atom. The van der Waals surface area contributed by atoms with Gasteiger partial charge in [0.1, 0.15) is 5.82 Å². The molecule has 4 aromatic rings. The monoisotopic (exact) mass is 545 g/mol. The van der Waals surface area contributed by atoms with Crippen LogP contribution in [0.1, 0.15) is 41.1 Å². The number of aromatic nitrogens is 2. The number of nitrogens with one attached hydrogen (secondary N) is 1. The van der Waals surface area contributed by atoms with E-state index in [4.69, 9.17) is 11.6 Å². The van der Waals surface area contributed by atoms with Gasteiger partial charge in [-0.3, -0.25) is 4.98 Å². The Hall–Kier alpha value is -3.85. The summed E-state index contributed by atoms with van der Waals surface area (Å²) in [7, 11) is 0. The molecule has 5 nitrogen and oxygen atoms in total. The van der Waals surface area contributed by atoms with Crippen molar-refractivity contribution in [3.8, 4) is 11.5 Å². The highest BCUT2D eigenvalue weighted by Gasteiger charge is 2.21. The Morgan fingerprint density at radius 2 is 1.42 bits per heavy atom. The van der Waals surface area contributed by atoms with Gasteiger partial charge in [0.2, 0.25) is 0 Å². The van der Waals surface area contributed by atoms with Gasteiger partial charge in [-0.1, -0.05) is 35.9 Å². The lowest BCUT2D eigenvalue weighted by Gasteiger charge is -2.21. The highest BCUT2D eigenvalue weighted by Crippen LogP contribution is 2.37. The fourth-order valence-electron chi connectivity index (χ4n) is 4.06. The van der Waals surface area contributed by atoms with Crippen LogP contribution in [0.3, 0.4) is 0 Å². The van der Waals surface area contributed by atoms with Crippen molar-refractivity contribution in [1.82, 2.24) is 9.97 Å². The van der Waals surface area contributed by atoms with Crippen molar-refractivity contribution in [2.24, 2.45) is 0 Å². The summed E-state index contributed by atoms with van der Waals surface area (Å²) in [6.45, 7) is -4.40. The second-order valence-corrected chi connectivity index (χ2v) is 8.91. The maximum atomic E-state index is 13.0. The van der Waals surface area contributed by atoms with Crippen LogP contribution >= 0.6 is 11.6 Å². The van der Waals surface area contributed by atoms with Crippen LogP contribution in [0.4, 0.5) is 23.4 Å². The molecule has 4 rings (SSSR count). The lowest BCUT2D eigenvalue weighted by Crippen LogP contribution is -2.11. The maximum absolute atomic E-state index is 13.0. The average Bonchev–Trinajstić information content (AvgIpc) is 2.89. The van der Waals surface area contributed by atoms with Crippen LogP contribution < -0.4 is 14.8 Å². The van der Waals surface area contributed by atoms with E-state index in [2.05, 4.69) is 24.8 Å². The zero-order valence-corrected chi connectivity index (χ0v) is 21.0. The highest BCUT2D eigenvalue weighted by molar-refractivity contribution is 6.30. The Labute approximate surface area is 222 Å². The zero-order valence-electron chi connectivity index (χ0n) is 20.2. The molecule has 0 bridgehead atoms. The molecule has 0 radical (unpaired) electrons. The average molecular weight is 546 g/mol. The SMILES string of the molecule is CC(Nc1ccc(C(Cc2ccncc2)c2ccc(OC(F)F)c(OC(F)F)c2)cn1)c1ccc(Cl)cc1. The fraction of sp³-hybridized carbons (Fsp3) is 0.214. The molecule has 0 saturated heterocycles. The lowest BCUT2D eigenvalue weighted by atomic mass is 9.87. The summed E-state index contributed by atoms with van der Waals surface area (Å²) < 4.78 is 60.6. The molecule has 0 fully saturated rings. The molecule has 2 aromatic carbocycles. The van der Waals surface area contributed by atoms with E-state index in [-0.39, 0.29) is 12.0 Å². The fourth-order valence-corrected chi connectivity index (χ4v) is 4.18. The van der Waals surface area contributed by atoms with Gasteiger partial charge in [0.15, 0.2) is 11.5 Å². The van der Waals surface area contributed by atoms with Crippen LogP contribution in [-0.2, 0) is 6.42 Å².